The van der Waals surface area contributed by atoms with Gasteiger partial charge < -0.3 is 10.8 Å². The van der Waals surface area contributed by atoms with Crippen molar-refractivity contribution in [3.63, 3.8) is 0 Å². The Labute approximate surface area is 86.4 Å². The molecule has 0 rings (SSSR count). The Morgan fingerprint density at radius 3 is 2.27 bits per heavy atom. The Morgan fingerprint density at radius 1 is 1.82 bits per heavy atom. The fourth-order valence-electron chi connectivity index (χ4n) is 0.261. The molecule has 11 heavy (non-hydrogen) atoms. The number of aliphatic carboxylic acids is 1. The normalized spacial score (nSPS) is 11.6. The van der Waals surface area contributed by atoms with E-state index in [9.17, 15) is 4.79 Å². The molecule has 72 valence electrons. The van der Waals surface area contributed by atoms with Gasteiger partial charge in [0.05, 0.1) is 12.0 Å². The van der Waals surface area contributed by atoms with Crippen LogP contribution in [0.1, 0.15) is 0 Å². The van der Waals surface area contributed by atoms with Crippen molar-refractivity contribution in [1.82, 2.24) is 0 Å². The van der Waals surface area contributed by atoms with E-state index >= 15 is 0 Å². The van der Waals surface area contributed by atoms with Gasteiger partial charge in [0.25, 0.3) is 5.97 Å². The van der Waals surface area contributed by atoms with Gasteiger partial charge >= 0.3 is 35.3 Å². The van der Waals surface area contributed by atoms with Crippen LogP contribution in [0.4, 0.5) is 0 Å². The van der Waals surface area contributed by atoms with Gasteiger partial charge in [-0.3, -0.25) is 4.79 Å². The zero-order valence-corrected chi connectivity index (χ0v) is 10.3. The number of carboxylic acid groups (broad SMARTS) is 1. The Morgan fingerprint density at radius 2 is 2.18 bits per heavy atom. The summed E-state index contributed by atoms with van der Waals surface area (Å²) >= 11 is 0.494. The second-order valence-corrected chi connectivity index (χ2v) is 5.72. The average molecular weight is 401 g/mol. The average Bonchev–Trinajstić information content (AvgIpc) is 1.90. The zero-order valence-electron chi connectivity index (χ0n) is 5.66. The molecule has 7 heteroatoms. The summed E-state index contributed by atoms with van der Waals surface area (Å²) in [6.07, 6.45) is 1.84. The maximum atomic E-state index is 9.90. The molecule has 0 fully saturated rings. The Balaban J connectivity index is 0. The summed E-state index contributed by atoms with van der Waals surface area (Å²) in [6, 6.07) is -0.929. The van der Waals surface area contributed by atoms with Crippen molar-refractivity contribution >= 4 is 36.6 Å². The first-order chi connectivity index (χ1) is 5.09. The van der Waals surface area contributed by atoms with Gasteiger partial charge in [-0.05, 0) is 11.8 Å². The summed E-state index contributed by atoms with van der Waals surface area (Å²) in [5.74, 6) is -0.602. The Hall–Kier alpha value is 1.05. The molecule has 0 saturated carbocycles. The molecule has 0 aliphatic carbocycles. The molecule has 0 radical (unpaired) electrons. The molecule has 1 atom stereocenters. The number of carbonyl (C=O) groups is 1. The second kappa shape index (κ2) is 11.0. The van der Waals surface area contributed by atoms with E-state index in [1.807, 2.05) is 6.26 Å². The summed E-state index contributed by atoms with van der Waals surface area (Å²) in [5.41, 5.74) is 6.82. The van der Waals surface area contributed by atoms with Crippen LogP contribution in [0.5, 0.6) is 0 Å². The maximum absolute atomic E-state index is 9.90. The summed E-state index contributed by atoms with van der Waals surface area (Å²) < 4.78 is 0. The van der Waals surface area contributed by atoms with Crippen molar-refractivity contribution in [3.05, 3.63) is 5.73 Å². The van der Waals surface area contributed by atoms with Crippen LogP contribution in [-0.4, -0.2) is 29.1 Å². The molecule has 1 unspecified atom stereocenters. The molecule has 0 spiro atoms. The second-order valence-electron chi connectivity index (χ2n) is 1.43. The first kappa shape index (κ1) is 14.6. The number of rotatable bonds is 3. The van der Waals surface area contributed by atoms with E-state index in [0.29, 0.717) is 5.75 Å². The number of nitrogens with one attached hydrogen (secondary N) is 1. The molecule has 0 aromatic rings. The van der Waals surface area contributed by atoms with Gasteiger partial charge in [-0.25, -0.2) is 0 Å². The monoisotopic (exact) mass is 400 g/mol. The van der Waals surface area contributed by atoms with Crippen LogP contribution in [0.25, 0.3) is 5.73 Å². The molecule has 3 nitrogen and oxygen atoms in total. The van der Waals surface area contributed by atoms with Crippen molar-refractivity contribution in [2.45, 2.75) is 6.04 Å². The van der Waals surface area contributed by atoms with E-state index in [1.54, 1.807) is 0 Å². The van der Waals surface area contributed by atoms with E-state index in [4.69, 9.17) is 29.7 Å². The molecule has 0 aliphatic heterocycles. The number of halogens is 2. The van der Waals surface area contributed by atoms with Gasteiger partial charge in [-0.15, -0.1) is 0 Å². The fraction of sp³-hybridized carbons (Fsp3) is 0.750. The van der Waals surface area contributed by atoms with Crippen LogP contribution in [-0.2, 0) is 33.0 Å². The molecule has 0 amide bonds. The van der Waals surface area contributed by atoms with E-state index in [0.717, 1.165) is 11.8 Å². The van der Waals surface area contributed by atoms with Crippen molar-refractivity contribution in [3.8, 4) is 0 Å². The van der Waals surface area contributed by atoms with Gasteiger partial charge in [0, 0.05) is 6.04 Å². The third-order valence-electron chi connectivity index (χ3n) is 0.663. The summed E-state index contributed by atoms with van der Waals surface area (Å²) in [7, 11) is 9.75. The van der Waals surface area contributed by atoms with Gasteiger partial charge in [0.2, 0.25) is 0 Å². The molecular formula is C4H9Cl2NO2PtS. The van der Waals surface area contributed by atoms with Gasteiger partial charge in [-0.2, -0.15) is 0 Å². The number of thiol groups is 1. The molecular weight excluding hydrogens is 392 g/mol. The van der Waals surface area contributed by atoms with Gasteiger partial charge in [0.1, 0.15) is 0 Å². The molecule has 0 bridgehead atoms. The predicted octanol–water partition coefficient (Wildman–Crippen LogP) is 1.31. The van der Waals surface area contributed by atoms with E-state index in [-0.39, 0.29) is 0 Å². The number of hydrogen-bond acceptors (Lipinski definition) is 1. The van der Waals surface area contributed by atoms with Crippen molar-refractivity contribution in [2.24, 2.45) is 0 Å². The predicted molar refractivity (Wildman–Crippen MR) is 47.0 cm³/mol. The van der Waals surface area contributed by atoms with Crippen molar-refractivity contribution < 1.29 is 26.4 Å². The third kappa shape index (κ3) is 14.0. The van der Waals surface area contributed by atoms with Crippen LogP contribution in [0.2, 0.25) is 0 Å². The SMILES string of the molecule is C[SH+]CC([NH-])C(=O)O.[Cl][Pt][Cl]. The van der Waals surface area contributed by atoms with Gasteiger partial charge in [0.15, 0.2) is 0 Å². The van der Waals surface area contributed by atoms with Crippen molar-refractivity contribution in [1.29, 1.82) is 0 Å². The van der Waals surface area contributed by atoms with Crippen LogP contribution in [0.3, 0.4) is 0 Å². The van der Waals surface area contributed by atoms with E-state index in [1.165, 1.54) is 0 Å². The van der Waals surface area contributed by atoms with Crippen LogP contribution >= 0.6 is 18.8 Å². The molecule has 0 aromatic heterocycles. The Kier molecular flexibility index (Phi) is 14.6. The molecule has 2 N–H and O–H groups in total. The quantitative estimate of drug-likeness (QED) is 0.573. The summed E-state index contributed by atoms with van der Waals surface area (Å²) in [5, 5.41) is 8.12. The van der Waals surface area contributed by atoms with Gasteiger partial charge in [-0.1, -0.05) is 0 Å². The summed E-state index contributed by atoms with van der Waals surface area (Å²) in [6.45, 7) is 0. The van der Waals surface area contributed by atoms with Crippen LogP contribution in [0, 0.1) is 0 Å². The molecule has 0 aromatic carbocycles. The Bertz CT molecular complexity index is 108. The third-order valence-corrected chi connectivity index (χ3v) is 1.39. The summed E-state index contributed by atoms with van der Waals surface area (Å²) in [4.78, 5) is 9.90. The first-order valence-corrected chi connectivity index (χ1v) is 9.57. The first-order valence-electron chi connectivity index (χ1n) is 2.42. The standard InChI is InChI=1S/C4H8NO2S.2ClH.Pt/c1-8-2-3(5)4(6)7;;;/h3,5H,2H2,1H3,(H,6,7);2*1H;/q-1;;;+2/p-1. The topological polar surface area (TPSA) is 61.1 Å². The molecule has 0 aliphatic rings. The zero-order chi connectivity index (χ0) is 9.28. The van der Waals surface area contributed by atoms with Crippen molar-refractivity contribution in [2.75, 3.05) is 12.0 Å². The van der Waals surface area contributed by atoms with E-state index in [2.05, 4.69) is 0 Å². The van der Waals surface area contributed by atoms with E-state index < -0.39 is 28.5 Å². The fourth-order valence-corrected chi connectivity index (χ4v) is 0.782. The molecule has 0 heterocycles. The minimum atomic E-state index is -1.03. The van der Waals surface area contributed by atoms with Crippen LogP contribution < -0.4 is 0 Å². The number of carboxylic acids is 1. The van der Waals surface area contributed by atoms with Crippen LogP contribution in [0.15, 0.2) is 0 Å². The minimum absolute atomic E-state index is 0.426. The number of hydrogen-bond donors (Lipinski definition) is 1. The molecule has 0 saturated heterocycles.